The molecule has 0 saturated carbocycles. The lowest BCUT2D eigenvalue weighted by atomic mass is 10.0. The highest BCUT2D eigenvalue weighted by Crippen LogP contribution is 2.32. The smallest absolute Gasteiger partial charge is 0.255 e. The van der Waals surface area contributed by atoms with Crippen molar-refractivity contribution in [3.05, 3.63) is 77.5 Å². The quantitative estimate of drug-likeness (QED) is 0.503. The second-order valence-corrected chi connectivity index (χ2v) is 6.68. The third-order valence-electron chi connectivity index (χ3n) is 4.78. The van der Waals surface area contributed by atoms with Crippen LogP contribution in [0, 0.1) is 12.7 Å². The van der Waals surface area contributed by atoms with Crippen molar-refractivity contribution in [2.75, 3.05) is 5.32 Å². The Labute approximate surface area is 165 Å². The summed E-state index contributed by atoms with van der Waals surface area (Å²) in [4.78, 5) is 35.5. The van der Waals surface area contributed by atoms with Crippen LogP contribution in [0.15, 0.2) is 55.0 Å². The van der Waals surface area contributed by atoms with E-state index in [0.717, 1.165) is 5.39 Å². The minimum atomic E-state index is -0.491. The molecule has 2 aromatic heterocycles. The van der Waals surface area contributed by atoms with Gasteiger partial charge in [-0.1, -0.05) is 12.1 Å². The van der Waals surface area contributed by atoms with Crippen molar-refractivity contribution in [3.63, 3.8) is 0 Å². The van der Waals surface area contributed by atoms with Crippen molar-refractivity contribution in [2.24, 2.45) is 0 Å². The first kappa shape index (κ1) is 18.5. The van der Waals surface area contributed by atoms with Crippen molar-refractivity contribution in [1.29, 1.82) is 0 Å². The molecule has 0 spiro atoms. The number of hydrogen-bond donors (Lipinski definition) is 2. The summed E-state index contributed by atoms with van der Waals surface area (Å²) in [5, 5.41) is 3.52. The minimum Gasteiger partial charge on any atom is -0.346 e. The largest absolute Gasteiger partial charge is 0.346 e. The normalized spacial score (nSPS) is 10.9. The molecule has 0 fully saturated rings. The average molecular weight is 388 g/mol. The number of benzene rings is 2. The zero-order chi connectivity index (χ0) is 20.5. The molecule has 0 atom stereocenters. The molecule has 4 rings (SSSR count). The first-order valence-electron chi connectivity index (χ1n) is 8.95. The Balaban J connectivity index is 1.71. The number of anilines is 1. The summed E-state index contributed by atoms with van der Waals surface area (Å²) < 4.78 is 14.4. The van der Waals surface area contributed by atoms with Crippen LogP contribution in [0.4, 0.5) is 10.1 Å². The number of Topliss-reactive ketones (excluding diaryl/α,β-unsaturated/α-hetero) is 1. The molecule has 1 amide bonds. The number of halogens is 1. The Kier molecular flexibility index (Phi) is 4.64. The molecule has 0 radical (unpaired) electrons. The number of hydrogen-bond acceptors (Lipinski definition) is 4. The summed E-state index contributed by atoms with van der Waals surface area (Å²) in [7, 11) is 0. The van der Waals surface area contributed by atoms with Crippen LogP contribution in [-0.2, 0) is 0 Å². The van der Waals surface area contributed by atoms with Gasteiger partial charge in [0.05, 0.1) is 5.69 Å². The molecule has 144 valence electrons. The minimum absolute atomic E-state index is 0.0801. The Hall–Kier alpha value is -3.87. The van der Waals surface area contributed by atoms with E-state index in [1.54, 1.807) is 37.4 Å². The zero-order valence-electron chi connectivity index (χ0n) is 15.8. The van der Waals surface area contributed by atoms with Gasteiger partial charge in [0.2, 0.25) is 0 Å². The van der Waals surface area contributed by atoms with Crippen molar-refractivity contribution in [1.82, 2.24) is 15.0 Å². The van der Waals surface area contributed by atoms with E-state index < -0.39 is 11.7 Å². The number of ketones is 1. The molecule has 7 heteroatoms. The molecule has 0 aliphatic carbocycles. The second kappa shape index (κ2) is 7.27. The Morgan fingerprint density at radius 2 is 1.76 bits per heavy atom. The summed E-state index contributed by atoms with van der Waals surface area (Å²) in [6, 6.07) is 10.8. The Morgan fingerprint density at radius 1 is 1.03 bits per heavy atom. The van der Waals surface area contributed by atoms with Crippen LogP contribution in [0.25, 0.3) is 22.3 Å². The molecular formula is C22H17FN4O2. The highest BCUT2D eigenvalue weighted by atomic mass is 19.1. The van der Waals surface area contributed by atoms with E-state index in [-0.39, 0.29) is 5.78 Å². The molecule has 29 heavy (non-hydrogen) atoms. The van der Waals surface area contributed by atoms with Gasteiger partial charge >= 0.3 is 0 Å². The van der Waals surface area contributed by atoms with E-state index in [9.17, 15) is 14.0 Å². The molecule has 2 N–H and O–H groups in total. The third-order valence-corrected chi connectivity index (χ3v) is 4.78. The number of nitrogens with zero attached hydrogens (tertiary/aromatic N) is 2. The third kappa shape index (κ3) is 3.50. The molecule has 0 bridgehead atoms. The number of rotatable bonds is 4. The van der Waals surface area contributed by atoms with Gasteiger partial charge < -0.3 is 10.3 Å². The number of fused-ring (bicyclic) bond motifs is 1. The predicted octanol–water partition coefficient (Wildman–Crippen LogP) is 4.53. The van der Waals surface area contributed by atoms with Gasteiger partial charge in [0.15, 0.2) is 5.78 Å². The van der Waals surface area contributed by atoms with Crippen LogP contribution in [0.2, 0.25) is 0 Å². The van der Waals surface area contributed by atoms with Crippen LogP contribution in [0.1, 0.15) is 33.2 Å². The van der Waals surface area contributed by atoms with Gasteiger partial charge in [-0.05, 0) is 49.7 Å². The summed E-state index contributed by atoms with van der Waals surface area (Å²) >= 11 is 0. The molecule has 0 aliphatic rings. The predicted molar refractivity (Wildman–Crippen MR) is 108 cm³/mol. The lowest BCUT2D eigenvalue weighted by molar-refractivity contribution is 0.100. The summed E-state index contributed by atoms with van der Waals surface area (Å²) in [5.41, 5.74) is 3.72. The van der Waals surface area contributed by atoms with E-state index in [1.807, 2.05) is 6.07 Å². The van der Waals surface area contributed by atoms with Gasteiger partial charge in [0.25, 0.3) is 5.91 Å². The molecule has 2 heterocycles. The lowest BCUT2D eigenvalue weighted by Gasteiger charge is -2.13. The number of nitrogens with one attached hydrogen (secondary N) is 2. The zero-order valence-corrected chi connectivity index (χ0v) is 15.8. The molecule has 0 unspecified atom stereocenters. The van der Waals surface area contributed by atoms with Gasteiger partial charge in [-0.3, -0.25) is 9.59 Å². The number of aromatic amines is 1. The van der Waals surface area contributed by atoms with E-state index in [1.165, 1.54) is 25.4 Å². The monoisotopic (exact) mass is 388 g/mol. The van der Waals surface area contributed by atoms with Gasteiger partial charge in [-0.15, -0.1) is 0 Å². The fraction of sp³-hybridized carbons (Fsp3) is 0.0909. The standard InChI is InChI=1S/C22H17FN4O2/c1-12-18(20-17-7-8-24-21(17)26-11-25-20)9-16(23)10-19(12)27-22(29)15-5-3-14(4-6-15)13(2)28/h3-11H,1-2H3,(H,27,29)(H,24,25,26). The number of H-pyrrole nitrogens is 1. The van der Waals surface area contributed by atoms with Crippen LogP contribution in [-0.4, -0.2) is 26.6 Å². The maximum atomic E-state index is 14.4. The van der Waals surface area contributed by atoms with Gasteiger partial charge in [-0.2, -0.15) is 0 Å². The van der Waals surface area contributed by atoms with E-state index in [4.69, 9.17) is 0 Å². The summed E-state index contributed by atoms with van der Waals surface area (Å²) in [6.45, 7) is 3.26. The topological polar surface area (TPSA) is 87.7 Å². The summed E-state index contributed by atoms with van der Waals surface area (Å²) in [5.74, 6) is -0.965. The SMILES string of the molecule is CC(=O)c1ccc(C(=O)Nc2cc(F)cc(-c3ncnc4[nH]ccc34)c2C)cc1. The molecule has 4 aromatic rings. The lowest BCUT2D eigenvalue weighted by Crippen LogP contribution is -2.13. The highest BCUT2D eigenvalue weighted by Gasteiger charge is 2.16. The van der Waals surface area contributed by atoms with Crippen LogP contribution in [0.5, 0.6) is 0 Å². The van der Waals surface area contributed by atoms with Crippen molar-refractivity contribution < 1.29 is 14.0 Å². The average Bonchev–Trinajstić information content (AvgIpc) is 3.19. The van der Waals surface area contributed by atoms with E-state index >= 15 is 0 Å². The molecule has 0 aliphatic heterocycles. The Bertz CT molecular complexity index is 1250. The highest BCUT2D eigenvalue weighted by molar-refractivity contribution is 6.06. The first-order chi connectivity index (χ1) is 13.9. The number of aromatic nitrogens is 3. The Morgan fingerprint density at radius 3 is 2.48 bits per heavy atom. The van der Waals surface area contributed by atoms with Gasteiger partial charge in [0, 0.05) is 34.0 Å². The van der Waals surface area contributed by atoms with Gasteiger partial charge in [-0.25, -0.2) is 14.4 Å². The number of carbonyl (C=O) groups excluding carboxylic acids is 2. The molecule has 2 aromatic carbocycles. The van der Waals surface area contributed by atoms with Crippen molar-refractivity contribution in [2.45, 2.75) is 13.8 Å². The molecular weight excluding hydrogens is 371 g/mol. The molecule has 6 nitrogen and oxygen atoms in total. The van der Waals surface area contributed by atoms with Crippen molar-refractivity contribution in [3.8, 4) is 11.3 Å². The molecule has 0 saturated heterocycles. The first-order valence-corrected chi connectivity index (χ1v) is 8.95. The summed E-state index contributed by atoms with van der Waals surface area (Å²) in [6.07, 6.45) is 3.15. The fourth-order valence-electron chi connectivity index (χ4n) is 3.19. The van der Waals surface area contributed by atoms with Crippen molar-refractivity contribution >= 4 is 28.4 Å². The number of carbonyl (C=O) groups is 2. The van der Waals surface area contributed by atoms with E-state index in [2.05, 4.69) is 20.3 Å². The second-order valence-electron chi connectivity index (χ2n) is 6.68. The van der Waals surface area contributed by atoms with E-state index in [0.29, 0.717) is 39.3 Å². The van der Waals surface area contributed by atoms with Crippen LogP contribution < -0.4 is 5.32 Å². The fourth-order valence-corrected chi connectivity index (χ4v) is 3.19. The van der Waals surface area contributed by atoms with Crippen LogP contribution >= 0.6 is 0 Å². The van der Waals surface area contributed by atoms with Gasteiger partial charge in [0.1, 0.15) is 17.8 Å². The van der Waals surface area contributed by atoms with Crippen LogP contribution in [0.3, 0.4) is 0 Å². The maximum Gasteiger partial charge on any atom is 0.255 e. The maximum absolute atomic E-state index is 14.4. The number of amides is 1.